The standard InChI is InChI=1S/C14H24N4O/c1-3-4-6-11(15)14(19)17-12-7-5-8-13-10(12)9-16-18(13)2/h9,11-12H,3-8,15H2,1-2H3,(H,17,19)/t11-,12?/m0/s1. The Bertz CT molecular complexity index is 441. The number of carbonyl (C=O) groups is 1. The van der Waals surface area contributed by atoms with Crippen molar-refractivity contribution in [2.45, 2.75) is 57.5 Å². The van der Waals surface area contributed by atoms with Crippen molar-refractivity contribution in [1.82, 2.24) is 15.1 Å². The van der Waals surface area contributed by atoms with Crippen molar-refractivity contribution < 1.29 is 4.79 Å². The quantitative estimate of drug-likeness (QED) is 0.845. The highest BCUT2D eigenvalue weighted by Gasteiger charge is 2.26. The Morgan fingerprint density at radius 3 is 3.21 bits per heavy atom. The molecule has 3 N–H and O–H groups in total. The maximum atomic E-state index is 12.1. The first-order valence-corrected chi connectivity index (χ1v) is 7.20. The molecule has 1 heterocycles. The Morgan fingerprint density at radius 1 is 1.68 bits per heavy atom. The van der Waals surface area contributed by atoms with Crippen molar-refractivity contribution >= 4 is 5.91 Å². The number of rotatable bonds is 5. The normalized spacial score (nSPS) is 19.8. The average Bonchev–Trinajstić information content (AvgIpc) is 2.79. The van der Waals surface area contributed by atoms with Crippen molar-refractivity contribution in [3.63, 3.8) is 0 Å². The maximum absolute atomic E-state index is 12.1. The van der Waals surface area contributed by atoms with Crippen molar-refractivity contribution in [2.24, 2.45) is 12.8 Å². The summed E-state index contributed by atoms with van der Waals surface area (Å²) in [6.45, 7) is 2.10. The Labute approximate surface area is 114 Å². The molecule has 1 amide bonds. The Morgan fingerprint density at radius 2 is 2.47 bits per heavy atom. The molecule has 0 aromatic carbocycles. The van der Waals surface area contributed by atoms with Crippen LogP contribution in [0, 0.1) is 0 Å². The highest BCUT2D eigenvalue weighted by Crippen LogP contribution is 2.29. The molecule has 0 fully saturated rings. The van der Waals surface area contributed by atoms with E-state index in [1.165, 1.54) is 5.69 Å². The van der Waals surface area contributed by atoms with Crippen molar-refractivity contribution in [2.75, 3.05) is 0 Å². The van der Waals surface area contributed by atoms with Crippen LogP contribution in [0.1, 0.15) is 56.3 Å². The summed E-state index contributed by atoms with van der Waals surface area (Å²) in [5, 5.41) is 7.36. The van der Waals surface area contributed by atoms with Crippen LogP contribution < -0.4 is 11.1 Å². The van der Waals surface area contributed by atoms with Gasteiger partial charge in [-0.2, -0.15) is 5.10 Å². The molecule has 0 saturated heterocycles. The van der Waals surface area contributed by atoms with Gasteiger partial charge in [0.05, 0.1) is 18.3 Å². The van der Waals surface area contributed by atoms with E-state index in [2.05, 4.69) is 17.3 Å². The van der Waals surface area contributed by atoms with Gasteiger partial charge >= 0.3 is 0 Å². The lowest BCUT2D eigenvalue weighted by Gasteiger charge is -2.25. The van der Waals surface area contributed by atoms with Gasteiger partial charge in [-0.05, 0) is 25.7 Å². The molecule has 2 rings (SSSR count). The van der Waals surface area contributed by atoms with Gasteiger partial charge in [-0.1, -0.05) is 19.8 Å². The molecule has 1 aromatic heterocycles. The number of fused-ring (bicyclic) bond motifs is 1. The van der Waals surface area contributed by atoms with Crippen molar-refractivity contribution in [3.05, 3.63) is 17.5 Å². The van der Waals surface area contributed by atoms with Crippen LogP contribution in [0.25, 0.3) is 0 Å². The number of hydrogen-bond acceptors (Lipinski definition) is 3. The van der Waals surface area contributed by atoms with E-state index >= 15 is 0 Å². The lowest BCUT2D eigenvalue weighted by Crippen LogP contribution is -2.42. The number of unbranched alkanes of at least 4 members (excludes halogenated alkanes) is 1. The van der Waals surface area contributed by atoms with Gasteiger partial charge in [0.25, 0.3) is 0 Å². The fourth-order valence-corrected chi connectivity index (χ4v) is 2.69. The molecule has 0 spiro atoms. The van der Waals surface area contributed by atoms with Gasteiger partial charge in [-0.3, -0.25) is 9.48 Å². The van der Waals surface area contributed by atoms with Gasteiger partial charge in [0.15, 0.2) is 0 Å². The topological polar surface area (TPSA) is 72.9 Å². The molecule has 0 saturated carbocycles. The van der Waals surface area contributed by atoms with Gasteiger partial charge in [-0.25, -0.2) is 0 Å². The summed E-state index contributed by atoms with van der Waals surface area (Å²) >= 11 is 0. The minimum Gasteiger partial charge on any atom is -0.348 e. The molecule has 1 unspecified atom stereocenters. The zero-order valence-electron chi connectivity index (χ0n) is 11.9. The Balaban J connectivity index is 1.98. The molecule has 0 radical (unpaired) electrons. The number of amides is 1. The van der Waals surface area contributed by atoms with E-state index in [0.717, 1.165) is 44.1 Å². The number of aromatic nitrogens is 2. The fourth-order valence-electron chi connectivity index (χ4n) is 2.69. The summed E-state index contributed by atoms with van der Waals surface area (Å²) in [4.78, 5) is 12.1. The monoisotopic (exact) mass is 264 g/mol. The molecule has 1 aliphatic rings. The third-order valence-electron chi connectivity index (χ3n) is 3.90. The number of hydrogen-bond donors (Lipinski definition) is 2. The van der Waals surface area contributed by atoms with Crippen LogP contribution in [0.2, 0.25) is 0 Å². The first-order valence-electron chi connectivity index (χ1n) is 7.20. The average molecular weight is 264 g/mol. The minimum absolute atomic E-state index is 0.0323. The second-order valence-corrected chi connectivity index (χ2v) is 5.37. The zero-order valence-corrected chi connectivity index (χ0v) is 11.9. The smallest absolute Gasteiger partial charge is 0.237 e. The SMILES string of the molecule is CCCC[C@H](N)C(=O)NC1CCCc2c1cnn2C. The highest BCUT2D eigenvalue weighted by atomic mass is 16.2. The Kier molecular flexibility index (Phi) is 4.58. The van der Waals surface area contributed by atoms with E-state index in [1.54, 1.807) is 0 Å². The van der Waals surface area contributed by atoms with Crippen molar-refractivity contribution in [3.8, 4) is 0 Å². The predicted molar refractivity (Wildman–Crippen MR) is 74.5 cm³/mol. The summed E-state index contributed by atoms with van der Waals surface area (Å²) in [6.07, 6.45) is 7.80. The van der Waals surface area contributed by atoms with E-state index in [-0.39, 0.29) is 18.0 Å². The van der Waals surface area contributed by atoms with E-state index < -0.39 is 0 Å². The summed E-state index contributed by atoms with van der Waals surface area (Å²) in [6, 6.07) is -0.306. The summed E-state index contributed by atoms with van der Waals surface area (Å²) in [7, 11) is 1.95. The number of nitrogens with two attached hydrogens (primary N) is 1. The second-order valence-electron chi connectivity index (χ2n) is 5.37. The minimum atomic E-state index is -0.387. The van der Waals surface area contributed by atoms with Crippen LogP contribution in [-0.4, -0.2) is 21.7 Å². The molecule has 19 heavy (non-hydrogen) atoms. The molecule has 1 aliphatic carbocycles. The summed E-state index contributed by atoms with van der Waals surface area (Å²) in [5.41, 5.74) is 8.30. The zero-order chi connectivity index (χ0) is 13.8. The van der Waals surface area contributed by atoms with Crippen LogP contribution in [0.5, 0.6) is 0 Å². The molecule has 0 bridgehead atoms. The molecular formula is C14H24N4O. The van der Waals surface area contributed by atoms with Crippen LogP contribution in [0.15, 0.2) is 6.20 Å². The fraction of sp³-hybridized carbons (Fsp3) is 0.714. The van der Waals surface area contributed by atoms with Gasteiger partial charge in [0, 0.05) is 18.3 Å². The number of carbonyl (C=O) groups excluding carboxylic acids is 1. The van der Waals surface area contributed by atoms with Gasteiger partial charge in [-0.15, -0.1) is 0 Å². The highest BCUT2D eigenvalue weighted by molar-refractivity contribution is 5.81. The lowest BCUT2D eigenvalue weighted by molar-refractivity contribution is -0.123. The van der Waals surface area contributed by atoms with E-state index in [0.29, 0.717) is 0 Å². The third-order valence-corrected chi connectivity index (χ3v) is 3.90. The molecular weight excluding hydrogens is 240 g/mol. The molecule has 1 aromatic rings. The number of nitrogens with one attached hydrogen (secondary N) is 1. The summed E-state index contributed by atoms with van der Waals surface area (Å²) in [5.74, 6) is -0.0323. The largest absolute Gasteiger partial charge is 0.348 e. The van der Waals surface area contributed by atoms with E-state index in [9.17, 15) is 4.79 Å². The van der Waals surface area contributed by atoms with Crippen molar-refractivity contribution in [1.29, 1.82) is 0 Å². The first-order chi connectivity index (χ1) is 9.13. The van der Waals surface area contributed by atoms with E-state index in [1.807, 2.05) is 17.9 Å². The van der Waals surface area contributed by atoms with Crippen LogP contribution in [0.3, 0.4) is 0 Å². The second kappa shape index (κ2) is 6.19. The lowest BCUT2D eigenvalue weighted by atomic mass is 9.92. The molecule has 0 aliphatic heterocycles. The number of aryl methyl sites for hydroxylation is 1. The molecule has 106 valence electrons. The van der Waals surface area contributed by atoms with Gasteiger partial charge < -0.3 is 11.1 Å². The maximum Gasteiger partial charge on any atom is 0.237 e. The molecule has 2 atom stereocenters. The van der Waals surface area contributed by atoms with Crippen LogP contribution >= 0.6 is 0 Å². The van der Waals surface area contributed by atoms with Gasteiger partial charge in [0.1, 0.15) is 0 Å². The third kappa shape index (κ3) is 3.15. The molecule has 5 nitrogen and oxygen atoms in total. The first kappa shape index (κ1) is 14.1. The number of nitrogens with zero attached hydrogens (tertiary/aromatic N) is 2. The van der Waals surface area contributed by atoms with Crippen LogP contribution in [0.4, 0.5) is 0 Å². The Hall–Kier alpha value is -1.36. The predicted octanol–water partition coefficient (Wildman–Crippen LogP) is 1.43. The van der Waals surface area contributed by atoms with Gasteiger partial charge in [0.2, 0.25) is 5.91 Å². The van der Waals surface area contributed by atoms with Crippen LogP contribution in [-0.2, 0) is 18.3 Å². The molecule has 5 heteroatoms. The summed E-state index contributed by atoms with van der Waals surface area (Å²) < 4.78 is 1.91. The van der Waals surface area contributed by atoms with E-state index in [4.69, 9.17) is 5.73 Å².